The standard InChI is InChI=1S/C26H23NO2S/c1-18-23(19-10-6-4-7-11-19)27(26(28)21-12-8-5-9-13-21)24(25(18)30-3)20-14-16-22(29-2)17-15-20/h4-17H,1-3H3. The number of hydrogen-bond acceptors (Lipinski definition) is 3. The molecule has 0 saturated carbocycles. The molecule has 1 aromatic heterocycles. The number of ether oxygens (including phenoxy) is 1. The smallest absolute Gasteiger partial charge is 0.262 e. The van der Waals surface area contributed by atoms with Gasteiger partial charge < -0.3 is 4.74 Å². The van der Waals surface area contributed by atoms with Crippen LogP contribution >= 0.6 is 11.8 Å². The summed E-state index contributed by atoms with van der Waals surface area (Å²) in [6.07, 6.45) is 2.06. The Hall–Kier alpha value is -3.24. The Morgan fingerprint density at radius 1 is 0.800 bits per heavy atom. The van der Waals surface area contributed by atoms with Crippen molar-refractivity contribution in [3.05, 3.63) is 96.1 Å². The summed E-state index contributed by atoms with van der Waals surface area (Å²) in [5.41, 5.74) is 5.61. The van der Waals surface area contributed by atoms with Gasteiger partial charge in [0.25, 0.3) is 5.91 Å². The molecule has 4 aromatic rings. The Morgan fingerprint density at radius 3 is 1.93 bits per heavy atom. The van der Waals surface area contributed by atoms with Crippen molar-refractivity contribution < 1.29 is 9.53 Å². The number of rotatable bonds is 5. The van der Waals surface area contributed by atoms with Crippen molar-refractivity contribution in [2.75, 3.05) is 13.4 Å². The number of carbonyl (C=O) groups is 1. The molecule has 0 aliphatic carbocycles. The Balaban J connectivity index is 2.04. The minimum atomic E-state index is -0.0383. The Morgan fingerprint density at radius 2 is 1.37 bits per heavy atom. The van der Waals surface area contributed by atoms with Gasteiger partial charge in [0.15, 0.2) is 0 Å². The van der Waals surface area contributed by atoms with Crippen LogP contribution in [0.3, 0.4) is 0 Å². The molecule has 0 aliphatic rings. The summed E-state index contributed by atoms with van der Waals surface area (Å²) in [6, 6.07) is 27.4. The monoisotopic (exact) mass is 413 g/mol. The molecule has 3 aromatic carbocycles. The van der Waals surface area contributed by atoms with Crippen molar-refractivity contribution in [2.45, 2.75) is 11.8 Å². The van der Waals surface area contributed by atoms with Gasteiger partial charge in [-0.1, -0.05) is 48.5 Å². The Bertz CT molecular complexity index is 1160. The third-order valence-corrected chi connectivity index (χ3v) is 6.10. The lowest BCUT2D eigenvalue weighted by atomic mass is 10.1. The average Bonchev–Trinajstić information content (AvgIpc) is 3.11. The van der Waals surface area contributed by atoms with Crippen molar-refractivity contribution in [3.8, 4) is 28.3 Å². The first-order valence-electron chi connectivity index (χ1n) is 9.74. The number of thioether (sulfide) groups is 1. The van der Waals surface area contributed by atoms with Gasteiger partial charge in [-0.25, -0.2) is 0 Å². The van der Waals surface area contributed by atoms with E-state index < -0.39 is 0 Å². The number of nitrogens with zero attached hydrogens (tertiary/aromatic N) is 1. The molecule has 0 bridgehead atoms. The molecule has 3 nitrogen and oxygen atoms in total. The van der Waals surface area contributed by atoms with Gasteiger partial charge in [-0.3, -0.25) is 9.36 Å². The highest BCUT2D eigenvalue weighted by Gasteiger charge is 2.26. The number of aromatic nitrogens is 1. The quantitative estimate of drug-likeness (QED) is 0.348. The largest absolute Gasteiger partial charge is 0.497 e. The lowest BCUT2D eigenvalue weighted by Gasteiger charge is -2.14. The van der Waals surface area contributed by atoms with Crippen LogP contribution in [0.1, 0.15) is 15.9 Å². The summed E-state index contributed by atoms with van der Waals surface area (Å²) >= 11 is 1.66. The molecule has 0 amide bonds. The fourth-order valence-electron chi connectivity index (χ4n) is 3.78. The van der Waals surface area contributed by atoms with Gasteiger partial charge in [-0.15, -0.1) is 11.8 Å². The molecule has 4 heteroatoms. The van der Waals surface area contributed by atoms with Gasteiger partial charge >= 0.3 is 0 Å². The average molecular weight is 414 g/mol. The van der Waals surface area contributed by atoms with E-state index in [2.05, 4.69) is 25.3 Å². The first-order chi connectivity index (χ1) is 14.7. The fourth-order valence-corrected chi connectivity index (χ4v) is 4.58. The van der Waals surface area contributed by atoms with Crippen LogP contribution in [0.5, 0.6) is 5.75 Å². The predicted molar refractivity (Wildman–Crippen MR) is 125 cm³/mol. The molecule has 0 N–H and O–H groups in total. The maximum atomic E-state index is 13.8. The normalized spacial score (nSPS) is 10.8. The second kappa shape index (κ2) is 8.64. The van der Waals surface area contributed by atoms with Crippen LogP contribution in [0, 0.1) is 6.92 Å². The van der Waals surface area contributed by atoms with E-state index in [1.807, 2.05) is 77.4 Å². The fraction of sp³-hybridized carbons (Fsp3) is 0.115. The van der Waals surface area contributed by atoms with E-state index in [9.17, 15) is 4.79 Å². The molecule has 0 unspecified atom stereocenters. The third-order valence-electron chi connectivity index (χ3n) is 5.20. The van der Waals surface area contributed by atoms with Crippen LogP contribution in [-0.2, 0) is 0 Å². The van der Waals surface area contributed by atoms with Gasteiger partial charge in [0.1, 0.15) is 5.75 Å². The Labute approximate surface area is 181 Å². The number of methoxy groups -OCH3 is 1. The molecule has 1 heterocycles. The molecule has 0 fully saturated rings. The molecule has 0 atom stereocenters. The zero-order valence-corrected chi connectivity index (χ0v) is 18.1. The highest BCUT2D eigenvalue weighted by molar-refractivity contribution is 7.98. The van der Waals surface area contributed by atoms with E-state index in [1.54, 1.807) is 18.9 Å². The molecular formula is C26H23NO2S. The van der Waals surface area contributed by atoms with Crippen molar-refractivity contribution in [1.29, 1.82) is 0 Å². The molecule has 0 saturated heterocycles. The van der Waals surface area contributed by atoms with Crippen LogP contribution in [-0.4, -0.2) is 23.8 Å². The number of benzene rings is 3. The molecule has 0 spiro atoms. The maximum Gasteiger partial charge on any atom is 0.262 e. The highest BCUT2D eigenvalue weighted by atomic mass is 32.2. The lowest BCUT2D eigenvalue weighted by Crippen LogP contribution is -2.15. The summed E-state index contributed by atoms with van der Waals surface area (Å²) < 4.78 is 7.20. The van der Waals surface area contributed by atoms with Crippen molar-refractivity contribution in [1.82, 2.24) is 4.57 Å². The molecular weight excluding hydrogens is 390 g/mol. The van der Waals surface area contributed by atoms with Crippen LogP contribution < -0.4 is 4.74 Å². The molecule has 0 radical (unpaired) electrons. The topological polar surface area (TPSA) is 31.2 Å². The third kappa shape index (κ3) is 3.55. The van der Waals surface area contributed by atoms with Gasteiger partial charge in [0.05, 0.1) is 18.5 Å². The van der Waals surface area contributed by atoms with Crippen LogP contribution in [0.2, 0.25) is 0 Å². The molecule has 0 aliphatic heterocycles. The summed E-state index contributed by atoms with van der Waals surface area (Å²) in [5.74, 6) is 0.751. The Kier molecular flexibility index (Phi) is 5.77. The van der Waals surface area contributed by atoms with E-state index in [1.165, 1.54) is 0 Å². The van der Waals surface area contributed by atoms with Crippen molar-refractivity contribution in [3.63, 3.8) is 0 Å². The van der Waals surface area contributed by atoms with Crippen LogP contribution in [0.15, 0.2) is 89.8 Å². The number of hydrogen-bond donors (Lipinski definition) is 0. The van der Waals surface area contributed by atoms with Gasteiger partial charge in [-0.05, 0) is 60.7 Å². The minimum absolute atomic E-state index is 0.0383. The highest BCUT2D eigenvalue weighted by Crippen LogP contribution is 2.42. The zero-order valence-electron chi connectivity index (χ0n) is 17.3. The van der Waals surface area contributed by atoms with E-state index in [4.69, 9.17) is 4.74 Å². The van der Waals surface area contributed by atoms with E-state index >= 15 is 0 Å². The second-order valence-electron chi connectivity index (χ2n) is 6.96. The summed E-state index contributed by atoms with van der Waals surface area (Å²) in [4.78, 5) is 14.9. The second-order valence-corrected chi connectivity index (χ2v) is 7.77. The first-order valence-corrected chi connectivity index (χ1v) is 11.0. The summed E-state index contributed by atoms with van der Waals surface area (Å²) in [6.45, 7) is 2.09. The van der Waals surface area contributed by atoms with Crippen LogP contribution in [0.4, 0.5) is 0 Å². The van der Waals surface area contributed by atoms with Crippen molar-refractivity contribution in [2.24, 2.45) is 0 Å². The van der Waals surface area contributed by atoms with E-state index in [0.29, 0.717) is 5.56 Å². The van der Waals surface area contributed by atoms with Gasteiger partial charge in [0, 0.05) is 16.0 Å². The van der Waals surface area contributed by atoms with Crippen LogP contribution in [0.25, 0.3) is 22.5 Å². The van der Waals surface area contributed by atoms with Crippen molar-refractivity contribution >= 4 is 17.7 Å². The van der Waals surface area contributed by atoms with Gasteiger partial charge in [-0.2, -0.15) is 0 Å². The zero-order chi connectivity index (χ0) is 21.1. The SMILES string of the molecule is COc1ccc(-c2c(SC)c(C)c(-c3ccccc3)n2C(=O)c2ccccc2)cc1. The predicted octanol–water partition coefficient (Wildman–Crippen LogP) is 6.55. The van der Waals surface area contributed by atoms with E-state index in [0.717, 1.165) is 38.7 Å². The summed E-state index contributed by atoms with van der Waals surface area (Å²) in [5, 5.41) is 0. The number of carbonyl (C=O) groups excluding carboxylic acids is 1. The molecule has 30 heavy (non-hydrogen) atoms. The minimum Gasteiger partial charge on any atom is -0.497 e. The first kappa shape index (κ1) is 20.0. The van der Waals surface area contributed by atoms with E-state index in [-0.39, 0.29) is 5.91 Å². The summed E-state index contributed by atoms with van der Waals surface area (Å²) in [7, 11) is 1.65. The van der Waals surface area contributed by atoms with Gasteiger partial charge in [0.2, 0.25) is 0 Å². The molecule has 150 valence electrons. The molecule has 4 rings (SSSR count). The maximum absolute atomic E-state index is 13.8. The lowest BCUT2D eigenvalue weighted by molar-refractivity contribution is 0.0963.